The van der Waals surface area contributed by atoms with Crippen LogP contribution in [0.5, 0.6) is 0 Å². The van der Waals surface area contributed by atoms with Gasteiger partial charge in [-0.1, -0.05) is 20.8 Å². The number of ether oxygens (including phenoxy) is 1. The van der Waals surface area contributed by atoms with E-state index in [9.17, 15) is 0 Å². The number of hydrogen-bond acceptors (Lipinski definition) is 3. The van der Waals surface area contributed by atoms with Gasteiger partial charge in [0.1, 0.15) is 0 Å². The molecule has 1 rings (SSSR count). The third-order valence-electron chi connectivity index (χ3n) is 4.45. The second-order valence-electron chi connectivity index (χ2n) is 6.48. The second-order valence-corrected chi connectivity index (χ2v) is 6.48. The van der Waals surface area contributed by atoms with Crippen molar-refractivity contribution in [1.29, 1.82) is 0 Å². The van der Waals surface area contributed by atoms with Gasteiger partial charge in [0.05, 0.1) is 6.61 Å². The van der Waals surface area contributed by atoms with Gasteiger partial charge in [-0.3, -0.25) is 4.90 Å². The Kier molecular flexibility index (Phi) is 6.61. The lowest BCUT2D eigenvalue weighted by Crippen LogP contribution is -2.49. The van der Waals surface area contributed by atoms with Gasteiger partial charge < -0.3 is 10.1 Å². The van der Waals surface area contributed by atoms with Crippen LogP contribution >= 0.6 is 0 Å². The second kappa shape index (κ2) is 7.46. The first kappa shape index (κ1) is 15.9. The Balaban J connectivity index is 2.46. The molecule has 108 valence electrons. The van der Waals surface area contributed by atoms with Crippen molar-refractivity contribution in [3.8, 4) is 0 Å². The zero-order valence-electron chi connectivity index (χ0n) is 13.0. The fourth-order valence-electron chi connectivity index (χ4n) is 2.91. The minimum Gasteiger partial charge on any atom is -0.383 e. The van der Waals surface area contributed by atoms with E-state index in [0.717, 1.165) is 25.7 Å². The predicted octanol–water partition coefficient (Wildman–Crippen LogP) is 2.51. The fourth-order valence-corrected chi connectivity index (χ4v) is 2.91. The zero-order valence-corrected chi connectivity index (χ0v) is 13.0. The number of methoxy groups -OCH3 is 1. The van der Waals surface area contributed by atoms with Crippen LogP contribution in [0.1, 0.15) is 46.5 Å². The van der Waals surface area contributed by atoms with Gasteiger partial charge in [0.15, 0.2) is 0 Å². The fraction of sp³-hybridized carbons (Fsp3) is 1.00. The maximum Gasteiger partial charge on any atom is 0.0630 e. The smallest absolute Gasteiger partial charge is 0.0630 e. The van der Waals surface area contributed by atoms with E-state index in [2.05, 4.69) is 38.0 Å². The molecule has 0 aliphatic heterocycles. The Hall–Kier alpha value is -0.120. The lowest BCUT2D eigenvalue weighted by molar-refractivity contribution is 0.0497. The maximum absolute atomic E-state index is 5.37. The third-order valence-corrected chi connectivity index (χ3v) is 4.45. The van der Waals surface area contributed by atoms with E-state index in [-0.39, 0.29) is 0 Å². The highest BCUT2D eigenvalue weighted by molar-refractivity contribution is 4.86. The van der Waals surface area contributed by atoms with E-state index < -0.39 is 0 Å². The van der Waals surface area contributed by atoms with Gasteiger partial charge in [-0.25, -0.2) is 0 Å². The molecule has 3 heteroatoms. The van der Waals surface area contributed by atoms with Gasteiger partial charge in [0.2, 0.25) is 0 Å². The summed E-state index contributed by atoms with van der Waals surface area (Å²) in [6.45, 7) is 9.84. The summed E-state index contributed by atoms with van der Waals surface area (Å²) < 4.78 is 5.37. The summed E-state index contributed by atoms with van der Waals surface area (Å²) >= 11 is 0. The monoisotopic (exact) mass is 256 g/mol. The molecule has 0 spiro atoms. The zero-order chi connectivity index (χ0) is 13.6. The molecule has 1 aliphatic carbocycles. The summed E-state index contributed by atoms with van der Waals surface area (Å²) in [6.07, 6.45) is 5.36. The lowest BCUT2D eigenvalue weighted by atomic mass is 9.75. The Labute approximate surface area is 113 Å². The van der Waals surface area contributed by atoms with Gasteiger partial charge in [-0.05, 0) is 44.7 Å². The van der Waals surface area contributed by atoms with E-state index in [1.54, 1.807) is 7.11 Å². The molecule has 0 heterocycles. The molecule has 0 amide bonds. The molecule has 18 heavy (non-hydrogen) atoms. The molecule has 1 atom stereocenters. The van der Waals surface area contributed by atoms with Gasteiger partial charge in [-0.2, -0.15) is 0 Å². The number of hydrogen-bond donors (Lipinski definition) is 1. The van der Waals surface area contributed by atoms with Crippen LogP contribution in [0.25, 0.3) is 0 Å². The van der Waals surface area contributed by atoms with Crippen molar-refractivity contribution in [2.45, 2.75) is 58.5 Å². The van der Waals surface area contributed by atoms with Gasteiger partial charge >= 0.3 is 0 Å². The molecule has 0 aromatic carbocycles. The Bertz CT molecular complexity index is 221. The summed E-state index contributed by atoms with van der Waals surface area (Å²) in [4.78, 5) is 2.54. The molecule has 0 aromatic rings. The van der Waals surface area contributed by atoms with Crippen LogP contribution in [-0.4, -0.2) is 50.8 Å². The molecule has 0 aromatic heterocycles. The molecule has 0 bridgehead atoms. The van der Waals surface area contributed by atoms with E-state index >= 15 is 0 Å². The van der Waals surface area contributed by atoms with E-state index in [1.165, 1.54) is 25.7 Å². The molecule has 1 fully saturated rings. The molecule has 3 nitrogen and oxygen atoms in total. The van der Waals surface area contributed by atoms with E-state index in [1.807, 2.05) is 0 Å². The van der Waals surface area contributed by atoms with Crippen LogP contribution in [0.4, 0.5) is 0 Å². The summed E-state index contributed by atoms with van der Waals surface area (Å²) in [5.74, 6) is 0. The van der Waals surface area contributed by atoms with Crippen molar-refractivity contribution in [1.82, 2.24) is 10.2 Å². The molecule has 1 saturated carbocycles. The highest BCUT2D eigenvalue weighted by atomic mass is 16.5. The molecular formula is C15H32N2O. The summed E-state index contributed by atoms with van der Waals surface area (Å²) in [5.41, 5.74) is 0.551. The molecule has 1 N–H and O–H groups in total. The quantitative estimate of drug-likeness (QED) is 0.757. The topological polar surface area (TPSA) is 24.5 Å². The first-order valence-electron chi connectivity index (χ1n) is 7.41. The van der Waals surface area contributed by atoms with Crippen molar-refractivity contribution >= 4 is 0 Å². The number of nitrogens with zero attached hydrogens (tertiary/aromatic N) is 1. The Morgan fingerprint density at radius 2 is 1.94 bits per heavy atom. The van der Waals surface area contributed by atoms with E-state index in [0.29, 0.717) is 11.5 Å². The largest absolute Gasteiger partial charge is 0.383 e. The normalized spacial score (nSPS) is 22.3. The Morgan fingerprint density at radius 3 is 2.44 bits per heavy atom. The number of nitrogens with one attached hydrogen (secondary N) is 1. The third kappa shape index (κ3) is 4.87. The average molecular weight is 256 g/mol. The average Bonchev–Trinajstić information content (AvgIpc) is 2.33. The summed E-state index contributed by atoms with van der Waals surface area (Å²) in [6, 6.07) is 1.23. The number of likely N-dealkylation sites (N-methyl/N-ethyl adjacent to an activating group) is 2. The van der Waals surface area contributed by atoms with Gasteiger partial charge in [0.25, 0.3) is 0 Å². The molecule has 1 unspecified atom stereocenters. The van der Waals surface area contributed by atoms with Crippen molar-refractivity contribution in [2.75, 3.05) is 33.9 Å². The van der Waals surface area contributed by atoms with E-state index in [4.69, 9.17) is 4.74 Å². The first-order valence-corrected chi connectivity index (χ1v) is 7.41. The highest BCUT2D eigenvalue weighted by Gasteiger charge is 2.31. The van der Waals surface area contributed by atoms with Crippen LogP contribution in [0.2, 0.25) is 0 Å². The van der Waals surface area contributed by atoms with Crippen molar-refractivity contribution in [2.24, 2.45) is 5.41 Å². The van der Waals surface area contributed by atoms with Crippen LogP contribution < -0.4 is 5.32 Å². The van der Waals surface area contributed by atoms with Crippen molar-refractivity contribution in [3.05, 3.63) is 0 Å². The van der Waals surface area contributed by atoms with Crippen molar-refractivity contribution < 1.29 is 4.74 Å². The molecular weight excluding hydrogens is 224 g/mol. The molecule has 0 saturated heterocycles. The van der Waals surface area contributed by atoms with Gasteiger partial charge in [-0.15, -0.1) is 0 Å². The van der Waals surface area contributed by atoms with Crippen LogP contribution in [0.15, 0.2) is 0 Å². The SMILES string of the molecule is CCNCC(COC)N(C)C1CCC(C)(C)CC1. The molecule has 1 aliphatic rings. The minimum atomic E-state index is 0.501. The Morgan fingerprint density at radius 1 is 1.33 bits per heavy atom. The van der Waals surface area contributed by atoms with Gasteiger partial charge in [0, 0.05) is 25.7 Å². The summed E-state index contributed by atoms with van der Waals surface area (Å²) in [5, 5.41) is 3.45. The standard InChI is InChI=1S/C15H32N2O/c1-6-16-11-14(12-18-5)17(4)13-7-9-15(2,3)10-8-13/h13-14,16H,6-12H2,1-5H3. The highest BCUT2D eigenvalue weighted by Crippen LogP contribution is 2.36. The summed E-state index contributed by atoms with van der Waals surface area (Å²) in [7, 11) is 4.07. The number of rotatable bonds is 7. The van der Waals surface area contributed by atoms with Crippen LogP contribution in [0.3, 0.4) is 0 Å². The van der Waals surface area contributed by atoms with Crippen molar-refractivity contribution in [3.63, 3.8) is 0 Å². The maximum atomic E-state index is 5.37. The minimum absolute atomic E-state index is 0.501. The van der Waals surface area contributed by atoms with Crippen LogP contribution in [-0.2, 0) is 4.74 Å². The lowest BCUT2D eigenvalue weighted by Gasteiger charge is -2.41. The first-order chi connectivity index (χ1) is 8.50. The van der Waals surface area contributed by atoms with Crippen LogP contribution in [0, 0.1) is 5.41 Å². The predicted molar refractivity (Wildman–Crippen MR) is 78.0 cm³/mol. The molecule has 0 radical (unpaired) electrons.